The number of allylic oxidation sites excluding steroid dienone is 1. The zero-order valence-corrected chi connectivity index (χ0v) is 7.56. The number of nitrogens with one attached hydrogen (secondary N) is 1. The van der Waals surface area contributed by atoms with Gasteiger partial charge in [0.2, 0.25) is 0 Å². The van der Waals surface area contributed by atoms with E-state index >= 15 is 0 Å². The predicted octanol–water partition coefficient (Wildman–Crippen LogP) is 1.63. The van der Waals surface area contributed by atoms with Crippen LogP contribution in [0.3, 0.4) is 0 Å². The Labute approximate surface area is 69.4 Å². The van der Waals surface area contributed by atoms with Crippen molar-refractivity contribution in [3.8, 4) is 0 Å². The molecule has 2 nitrogen and oxygen atoms in total. The van der Waals surface area contributed by atoms with Gasteiger partial charge in [-0.1, -0.05) is 18.6 Å². The molecule has 0 radical (unpaired) electrons. The Morgan fingerprint density at radius 3 is 2.82 bits per heavy atom. The third-order valence-corrected chi connectivity index (χ3v) is 1.60. The summed E-state index contributed by atoms with van der Waals surface area (Å²) in [6.07, 6.45) is 3.18. The lowest BCUT2D eigenvalue weighted by molar-refractivity contribution is 0.747. The van der Waals surface area contributed by atoms with Gasteiger partial charge in [0.25, 0.3) is 0 Å². The quantitative estimate of drug-likeness (QED) is 0.456. The molecule has 0 amide bonds. The van der Waals surface area contributed by atoms with Crippen molar-refractivity contribution in [1.29, 1.82) is 0 Å². The van der Waals surface area contributed by atoms with Gasteiger partial charge in [-0.2, -0.15) is 0 Å². The average Bonchev–Trinajstić information content (AvgIpc) is 2.05. The van der Waals surface area contributed by atoms with E-state index in [0.717, 1.165) is 26.1 Å². The summed E-state index contributed by atoms with van der Waals surface area (Å²) in [6.45, 7) is 10.5. The molecular weight excluding hydrogens is 136 g/mol. The second kappa shape index (κ2) is 7.48. The standard InChI is InChI=1S/C9H18N2/c1-4-9(6-7-10-3)8-11-5-2/h4,11H,3,5-8H2,1-2H3/b9-4+. The number of likely N-dealkylation sites (N-methyl/N-ethyl adjacent to an activating group) is 1. The van der Waals surface area contributed by atoms with Crippen LogP contribution in [0.4, 0.5) is 0 Å². The van der Waals surface area contributed by atoms with Crippen molar-refractivity contribution in [2.24, 2.45) is 4.99 Å². The minimum Gasteiger partial charge on any atom is -0.313 e. The van der Waals surface area contributed by atoms with E-state index in [1.54, 1.807) is 0 Å². The molecule has 0 unspecified atom stereocenters. The van der Waals surface area contributed by atoms with E-state index in [0.29, 0.717) is 0 Å². The number of nitrogens with zero attached hydrogens (tertiary/aromatic N) is 1. The fourth-order valence-electron chi connectivity index (χ4n) is 0.843. The SMILES string of the molecule is C=NCC/C(=C\C)CNCC. The first-order valence-corrected chi connectivity index (χ1v) is 4.12. The van der Waals surface area contributed by atoms with Crippen LogP contribution in [0.5, 0.6) is 0 Å². The molecule has 0 aromatic rings. The van der Waals surface area contributed by atoms with Gasteiger partial charge in [0.05, 0.1) is 0 Å². The molecule has 0 aliphatic rings. The highest BCUT2D eigenvalue weighted by Gasteiger charge is 1.92. The van der Waals surface area contributed by atoms with Gasteiger partial charge < -0.3 is 10.3 Å². The van der Waals surface area contributed by atoms with E-state index < -0.39 is 0 Å². The van der Waals surface area contributed by atoms with Crippen LogP contribution in [0.2, 0.25) is 0 Å². The van der Waals surface area contributed by atoms with Crippen molar-refractivity contribution in [2.75, 3.05) is 19.6 Å². The first kappa shape index (κ1) is 10.4. The Morgan fingerprint density at radius 1 is 1.64 bits per heavy atom. The lowest BCUT2D eigenvalue weighted by Gasteiger charge is -2.04. The monoisotopic (exact) mass is 154 g/mol. The molecule has 11 heavy (non-hydrogen) atoms. The molecule has 0 saturated carbocycles. The van der Waals surface area contributed by atoms with Crippen molar-refractivity contribution in [2.45, 2.75) is 20.3 Å². The summed E-state index contributed by atoms with van der Waals surface area (Å²) in [6, 6.07) is 0. The first-order valence-electron chi connectivity index (χ1n) is 4.12. The topological polar surface area (TPSA) is 24.4 Å². The fraction of sp³-hybridized carbons (Fsp3) is 0.667. The molecule has 2 heteroatoms. The molecule has 0 bridgehead atoms. The van der Waals surface area contributed by atoms with Crippen LogP contribution in [0.1, 0.15) is 20.3 Å². The number of rotatable bonds is 6. The maximum Gasteiger partial charge on any atom is 0.0419 e. The average molecular weight is 154 g/mol. The van der Waals surface area contributed by atoms with Crippen molar-refractivity contribution in [1.82, 2.24) is 5.32 Å². The van der Waals surface area contributed by atoms with Crippen LogP contribution in [0.15, 0.2) is 16.6 Å². The highest BCUT2D eigenvalue weighted by Crippen LogP contribution is 1.98. The summed E-state index contributed by atoms with van der Waals surface area (Å²) in [4.78, 5) is 3.81. The molecule has 0 saturated heterocycles. The van der Waals surface area contributed by atoms with Gasteiger partial charge in [-0.25, -0.2) is 0 Å². The van der Waals surface area contributed by atoms with E-state index in [-0.39, 0.29) is 0 Å². The summed E-state index contributed by atoms with van der Waals surface area (Å²) in [5.74, 6) is 0. The second-order valence-electron chi connectivity index (χ2n) is 2.42. The third kappa shape index (κ3) is 5.80. The van der Waals surface area contributed by atoms with Crippen LogP contribution < -0.4 is 5.32 Å². The lowest BCUT2D eigenvalue weighted by atomic mass is 10.2. The van der Waals surface area contributed by atoms with E-state index in [1.807, 2.05) is 0 Å². The van der Waals surface area contributed by atoms with Gasteiger partial charge in [-0.3, -0.25) is 0 Å². The molecular formula is C9H18N2. The van der Waals surface area contributed by atoms with Crippen LogP contribution in [0, 0.1) is 0 Å². The van der Waals surface area contributed by atoms with Crippen molar-refractivity contribution >= 4 is 6.72 Å². The van der Waals surface area contributed by atoms with E-state index in [1.165, 1.54) is 5.57 Å². The summed E-state index contributed by atoms with van der Waals surface area (Å²) >= 11 is 0. The Hall–Kier alpha value is -0.630. The van der Waals surface area contributed by atoms with Crippen molar-refractivity contribution < 1.29 is 0 Å². The van der Waals surface area contributed by atoms with E-state index in [2.05, 4.69) is 37.0 Å². The summed E-state index contributed by atoms with van der Waals surface area (Å²) in [5, 5.41) is 3.28. The Bertz CT molecular complexity index is 128. The Kier molecular flexibility index (Phi) is 7.05. The molecule has 0 aliphatic heterocycles. The number of aliphatic imine (C=N–C) groups is 1. The van der Waals surface area contributed by atoms with Gasteiger partial charge in [0.15, 0.2) is 0 Å². The van der Waals surface area contributed by atoms with Gasteiger partial charge in [0.1, 0.15) is 0 Å². The maximum absolute atomic E-state index is 3.81. The first-order chi connectivity index (χ1) is 5.35. The lowest BCUT2D eigenvalue weighted by Crippen LogP contribution is -2.16. The van der Waals surface area contributed by atoms with E-state index in [9.17, 15) is 0 Å². The number of hydrogen-bond donors (Lipinski definition) is 1. The summed E-state index contributed by atoms with van der Waals surface area (Å²) in [7, 11) is 0. The van der Waals surface area contributed by atoms with Gasteiger partial charge in [-0.05, 0) is 26.6 Å². The molecule has 0 aromatic carbocycles. The molecule has 0 heterocycles. The van der Waals surface area contributed by atoms with Crippen molar-refractivity contribution in [3.63, 3.8) is 0 Å². The number of hydrogen-bond acceptors (Lipinski definition) is 2. The predicted molar refractivity (Wildman–Crippen MR) is 51.3 cm³/mol. The van der Waals surface area contributed by atoms with E-state index in [4.69, 9.17) is 0 Å². The van der Waals surface area contributed by atoms with Gasteiger partial charge in [-0.15, -0.1) is 0 Å². The molecule has 1 N–H and O–H groups in total. The molecule has 0 aromatic heterocycles. The van der Waals surface area contributed by atoms with Gasteiger partial charge in [0, 0.05) is 13.1 Å². The zero-order chi connectivity index (χ0) is 8.53. The third-order valence-electron chi connectivity index (χ3n) is 1.60. The molecule has 0 aliphatic carbocycles. The smallest absolute Gasteiger partial charge is 0.0419 e. The highest BCUT2D eigenvalue weighted by atomic mass is 14.8. The van der Waals surface area contributed by atoms with Crippen LogP contribution in [-0.2, 0) is 0 Å². The highest BCUT2D eigenvalue weighted by molar-refractivity contribution is 5.23. The minimum absolute atomic E-state index is 0.838. The fourth-order valence-corrected chi connectivity index (χ4v) is 0.843. The zero-order valence-electron chi connectivity index (χ0n) is 7.56. The minimum atomic E-state index is 0.838. The largest absolute Gasteiger partial charge is 0.313 e. The van der Waals surface area contributed by atoms with Crippen LogP contribution in [0.25, 0.3) is 0 Å². The van der Waals surface area contributed by atoms with Gasteiger partial charge >= 0.3 is 0 Å². The molecule has 0 spiro atoms. The summed E-state index contributed by atoms with van der Waals surface area (Å²) in [5.41, 5.74) is 1.42. The molecule has 0 fully saturated rings. The second-order valence-corrected chi connectivity index (χ2v) is 2.42. The normalized spacial score (nSPS) is 11.6. The van der Waals surface area contributed by atoms with Crippen LogP contribution >= 0.6 is 0 Å². The Balaban J connectivity index is 3.50. The Morgan fingerprint density at radius 2 is 2.36 bits per heavy atom. The van der Waals surface area contributed by atoms with Crippen molar-refractivity contribution in [3.05, 3.63) is 11.6 Å². The van der Waals surface area contributed by atoms with Crippen LogP contribution in [-0.4, -0.2) is 26.4 Å². The summed E-state index contributed by atoms with van der Waals surface area (Å²) < 4.78 is 0. The maximum atomic E-state index is 3.81. The molecule has 0 atom stereocenters. The molecule has 64 valence electrons. The molecule has 0 rings (SSSR count).